The highest BCUT2D eigenvalue weighted by Gasteiger charge is 2.16. The number of ether oxygens (including phenoxy) is 2. The molecule has 1 aliphatic heterocycles. The van der Waals surface area contributed by atoms with Crippen LogP contribution in [0.1, 0.15) is 31.9 Å². The highest BCUT2D eigenvalue weighted by atomic mass is 16.5. The molecule has 18 heavy (non-hydrogen) atoms. The second-order valence-corrected chi connectivity index (χ2v) is 4.49. The Morgan fingerprint density at radius 3 is 3.06 bits per heavy atom. The summed E-state index contributed by atoms with van der Waals surface area (Å²) in [5, 5.41) is 11.5. The van der Waals surface area contributed by atoms with Crippen LogP contribution in [-0.2, 0) is 11.3 Å². The molecule has 1 saturated heterocycles. The zero-order chi connectivity index (χ0) is 12.6. The Hall–Kier alpha value is -1.20. The van der Waals surface area contributed by atoms with E-state index < -0.39 is 0 Å². The van der Waals surface area contributed by atoms with E-state index >= 15 is 0 Å². The van der Waals surface area contributed by atoms with Crippen LogP contribution in [0.25, 0.3) is 0 Å². The van der Waals surface area contributed by atoms with Crippen LogP contribution in [0.5, 0.6) is 5.88 Å². The molecular weight excluding hydrogens is 230 g/mol. The topological polar surface area (TPSA) is 56.3 Å². The van der Waals surface area contributed by atoms with Gasteiger partial charge in [0, 0.05) is 19.2 Å². The molecule has 0 aliphatic carbocycles. The fourth-order valence-electron chi connectivity index (χ4n) is 1.87. The van der Waals surface area contributed by atoms with Gasteiger partial charge in [-0.05, 0) is 31.9 Å². The number of rotatable bonds is 7. The number of nitrogens with zero attached hydrogens (tertiary/aromatic N) is 2. The minimum Gasteiger partial charge on any atom is -0.474 e. The van der Waals surface area contributed by atoms with E-state index in [4.69, 9.17) is 9.47 Å². The molecule has 5 nitrogen and oxygen atoms in total. The van der Waals surface area contributed by atoms with Crippen molar-refractivity contribution in [3.63, 3.8) is 0 Å². The molecule has 1 fully saturated rings. The summed E-state index contributed by atoms with van der Waals surface area (Å²) in [5.41, 5.74) is 0.938. The van der Waals surface area contributed by atoms with E-state index in [9.17, 15) is 0 Å². The second kappa shape index (κ2) is 7.28. The summed E-state index contributed by atoms with van der Waals surface area (Å²) in [6.45, 7) is 5.32. The first-order valence-corrected chi connectivity index (χ1v) is 6.66. The van der Waals surface area contributed by atoms with Gasteiger partial charge in [0.25, 0.3) is 0 Å². The van der Waals surface area contributed by atoms with Crippen molar-refractivity contribution in [1.82, 2.24) is 15.5 Å². The van der Waals surface area contributed by atoms with Crippen molar-refractivity contribution in [2.24, 2.45) is 0 Å². The second-order valence-electron chi connectivity index (χ2n) is 4.49. The third-order valence-electron chi connectivity index (χ3n) is 2.87. The summed E-state index contributed by atoms with van der Waals surface area (Å²) in [4.78, 5) is 0. The van der Waals surface area contributed by atoms with Gasteiger partial charge in [-0.15, -0.1) is 5.10 Å². The highest BCUT2D eigenvalue weighted by molar-refractivity contribution is 5.11. The Morgan fingerprint density at radius 1 is 1.44 bits per heavy atom. The van der Waals surface area contributed by atoms with Gasteiger partial charge in [-0.25, -0.2) is 0 Å². The van der Waals surface area contributed by atoms with Crippen molar-refractivity contribution >= 4 is 0 Å². The molecule has 0 bridgehead atoms. The molecule has 1 N–H and O–H groups in total. The van der Waals surface area contributed by atoms with E-state index in [1.165, 1.54) is 0 Å². The predicted octanol–water partition coefficient (Wildman–Crippen LogP) is 1.53. The Bertz CT molecular complexity index is 337. The molecule has 1 aromatic heterocycles. The van der Waals surface area contributed by atoms with Gasteiger partial charge in [-0.1, -0.05) is 6.92 Å². The van der Waals surface area contributed by atoms with Crippen LogP contribution >= 0.6 is 0 Å². The van der Waals surface area contributed by atoms with Crippen molar-refractivity contribution in [3.8, 4) is 5.88 Å². The molecule has 1 unspecified atom stereocenters. The van der Waals surface area contributed by atoms with Gasteiger partial charge in [0.1, 0.15) is 6.61 Å². The molecule has 0 saturated carbocycles. The van der Waals surface area contributed by atoms with Crippen LogP contribution in [0.15, 0.2) is 12.1 Å². The third kappa shape index (κ3) is 4.23. The molecule has 0 amide bonds. The standard InChI is InChI=1S/C13H21N3O2/c1-2-7-14-9-11-5-6-13(16-15-11)18-10-12-4-3-8-17-12/h5-6,12,14H,2-4,7-10H2,1H3. The van der Waals surface area contributed by atoms with E-state index in [1.807, 2.05) is 12.1 Å². The zero-order valence-electron chi connectivity index (χ0n) is 10.9. The fourth-order valence-corrected chi connectivity index (χ4v) is 1.87. The highest BCUT2D eigenvalue weighted by Crippen LogP contribution is 2.13. The maximum atomic E-state index is 5.55. The Labute approximate surface area is 108 Å². The van der Waals surface area contributed by atoms with Crippen molar-refractivity contribution in [2.75, 3.05) is 19.8 Å². The first kappa shape index (κ1) is 13.2. The zero-order valence-corrected chi connectivity index (χ0v) is 10.9. The van der Waals surface area contributed by atoms with Crippen LogP contribution in [0.4, 0.5) is 0 Å². The molecule has 2 rings (SSSR count). The van der Waals surface area contributed by atoms with E-state index in [-0.39, 0.29) is 6.10 Å². The van der Waals surface area contributed by atoms with Crippen LogP contribution in [0.3, 0.4) is 0 Å². The number of aromatic nitrogens is 2. The quantitative estimate of drug-likeness (QED) is 0.745. The SMILES string of the molecule is CCCNCc1ccc(OCC2CCCO2)nn1. The lowest BCUT2D eigenvalue weighted by Gasteiger charge is -2.10. The monoisotopic (exact) mass is 251 g/mol. The van der Waals surface area contributed by atoms with E-state index in [0.717, 1.165) is 44.7 Å². The molecule has 100 valence electrons. The predicted molar refractivity (Wildman–Crippen MR) is 68.5 cm³/mol. The van der Waals surface area contributed by atoms with Crippen LogP contribution < -0.4 is 10.1 Å². The Balaban J connectivity index is 1.72. The summed E-state index contributed by atoms with van der Waals surface area (Å²) in [5.74, 6) is 0.574. The lowest BCUT2D eigenvalue weighted by molar-refractivity contribution is 0.0659. The molecule has 1 aliphatic rings. The number of nitrogens with one attached hydrogen (secondary N) is 1. The van der Waals surface area contributed by atoms with Crippen molar-refractivity contribution in [3.05, 3.63) is 17.8 Å². The average Bonchev–Trinajstić information content (AvgIpc) is 2.91. The largest absolute Gasteiger partial charge is 0.474 e. The van der Waals surface area contributed by atoms with Crippen molar-refractivity contribution in [2.45, 2.75) is 38.8 Å². The number of hydrogen-bond donors (Lipinski definition) is 1. The van der Waals surface area contributed by atoms with E-state index in [0.29, 0.717) is 12.5 Å². The smallest absolute Gasteiger partial charge is 0.233 e. The molecule has 5 heteroatoms. The minimum absolute atomic E-state index is 0.220. The first-order valence-electron chi connectivity index (χ1n) is 6.66. The van der Waals surface area contributed by atoms with Crippen LogP contribution in [0.2, 0.25) is 0 Å². The van der Waals surface area contributed by atoms with Crippen LogP contribution in [0, 0.1) is 0 Å². The molecule has 1 aromatic rings. The van der Waals surface area contributed by atoms with E-state index in [2.05, 4.69) is 22.4 Å². The molecule has 0 radical (unpaired) electrons. The lowest BCUT2D eigenvalue weighted by atomic mass is 10.2. The molecule has 2 heterocycles. The average molecular weight is 251 g/mol. The van der Waals surface area contributed by atoms with Gasteiger partial charge in [0.2, 0.25) is 5.88 Å². The van der Waals surface area contributed by atoms with Crippen LogP contribution in [-0.4, -0.2) is 36.1 Å². The van der Waals surface area contributed by atoms with Crippen molar-refractivity contribution in [1.29, 1.82) is 0 Å². The van der Waals surface area contributed by atoms with Gasteiger partial charge in [0.05, 0.1) is 11.8 Å². The number of hydrogen-bond acceptors (Lipinski definition) is 5. The van der Waals surface area contributed by atoms with E-state index in [1.54, 1.807) is 0 Å². The maximum Gasteiger partial charge on any atom is 0.233 e. The Morgan fingerprint density at radius 2 is 2.39 bits per heavy atom. The molecule has 1 atom stereocenters. The summed E-state index contributed by atoms with van der Waals surface area (Å²) < 4.78 is 11.0. The normalized spacial score (nSPS) is 19.1. The third-order valence-corrected chi connectivity index (χ3v) is 2.87. The van der Waals surface area contributed by atoms with Gasteiger partial charge in [0.15, 0.2) is 0 Å². The minimum atomic E-state index is 0.220. The Kier molecular flexibility index (Phi) is 5.36. The molecule has 0 aromatic carbocycles. The summed E-state index contributed by atoms with van der Waals surface area (Å²) >= 11 is 0. The maximum absolute atomic E-state index is 5.55. The molecular formula is C13H21N3O2. The van der Waals surface area contributed by atoms with Gasteiger partial charge < -0.3 is 14.8 Å². The van der Waals surface area contributed by atoms with Gasteiger partial charge >= 0.3 is 0 Å². The van der Waals surface area contributed by atoms with Crippen molar-refractivity contribution < 1.29 is 9.47 Å². The lowest BCUT2D eigenvalue weighted by Crippen LogP contribution is -2.17. The first-order chi connectivity index (χ1) is 8.88. The van der Waals surface area contributed by atoms with Gasteiger partial charge in [-0.2, -0.15) is 5.10 Å². The molecule has 0 spiro atoms. The summed E-state index contributed by atoms with van der Waals surface area (Å²) in [7, 11) is 0. The summed E-state index contributed by atoms with van der Waals surface area (Å²) in [6.07, 6.45) is 3.54. The van der Waals surface area contributed by atoms with Gasteiger partial charge in [-0.3, -0.25) is 0 Å². The fraction of sp³-hybridized carbons (Fsp3) is 0.692. The summed E-state index contributed by atoms with van der Waals surface area (Å²) in [6, 6.07) is 3.81.